The predicted molar refractivity (Wildman–Crippen MR) is 46.6 cm³/mol. The Balaban J connectivity index is 2.10. The molecule has 0 spiro atoms. The molecule has 0 fully saturated rings. The minimum Gasteiger partial charge on any atom is -0.179 e. The van der Waals surface area contributed by atoms with E-state index in [-0.39, 0.29) is 0 Å². The van der Waals surface area contributed by atoms with Gasteiger partial charge in [-0.15, -0.1) is 23.5 Å². The molecule has 0 bridgehead atoms. The monoisotopic (exact) mass is 164 g/mol. The number of thioether (sulfide) groups is 2. The van der Waals surface area contributed by atoms with Crippen LogP contribution in [0.4, 0.5) is 0 Å². The first-order chi connectivity index (χ1) is 3.93. The fourth-order valence-electron chi connectivity index (χ4n) is 0.513. The van der Waals surface area contributed by atoms with Crippen molar-refractivity contribution in [3.8, 4) is 0 Å². The van der Waals surface area contributed by atoms with Gasteiger partial charge >= 0.3 is 0 Å². The van der Waals surface area contributed by atoms with E-state index in [0.29, 0.717) is 0 Å². The van der Waals surface area contributed by atoms with Gasteiger partial charge in [-0.2, -0.15) is 12.6 Å². The quantitative estimate of drug-likeness (QED) is 0.623. The molecule has 0 aromatic heterocycles. The molecule has 0 radical (unpaired) electrons. The fraction of sp³-hybridized carbons (Fsp3) is 0.600. The third kappa shape index (κ3) is 1.96. The number of hydrogen-bond acceptors (Lipinski definition) is 3. The highest BCUT2D eigenvalue weighted by Gasteiger charge is 2.08. The summed E-state index contributed by atoms with van der Waals surface area (Å²) in [6.07, 6.45) is 1.21. The summed E-state index contributed by atoms with van der Waals surface area (Å²) < 4.78 is 0.757. The Hall–Kier alpha value is 0.790. The zero-order valence-electron chi connectivity index (χ0n) is 4.41. The van der Waals surface area contributed by atoms with E-state index in [2.05, 4.69) is 23.4 Å². The van der Waals surface area contributed by atoms with Crippen LogP contribution in [0.2, 0.25) is 0 Å². The van der Waals surface area contributed by atoms with Crippen LogP contribution in [0.15, 0.2) is 10.8 Å². The minimum absolute atomic E-state index is 0.757. The normalized spacial score (nSPS) is 20.1. The molecule has 0 aromatic rings. The van der Waals surface area contributed by atoms with Crippen LogP contribution in [0.1, 0.15) is 6.42 Å². The molecule has 0 saturated heterocycles. The van der Waals surface area contributed by atoms with Crippen molar-refractivity contribution in [2.45, 2.75) is 11.0 Å². The molecule has 0 nitrogen and oxygen atoms in total. The van der Waals surface area contributed by atoms with E-state index in [0.717, 1.165) is 10.3 Å². The van der Waals surface area contributed by atoms with Crippen LogP contribution in [-0.2, 0) is 0 Å². The summed E-state index contributed by atoms with van der Waals surface area (Å²) >= 11 is 7.94. The van der Waals surface area contributed by atoms with Crippen molar-refractivity contribution < 1.29 is 0 Å². The van der Waals surface area contributed by atoms with E-state index in [1.54, 1.807) is 0 Å². The standard InChI is InChI=1S/C5H8S3/c6-2-1-5-7-3-4-8-5/h3-6H,1-2H2. The molecule has 3 heteroatoms. The van der Waals surface area contributed by atoms with Crippen molar-refractivity contribution >= 4 is 36.2 Å². The molecule has 0 N–H and O–H groups in total. The van der Waals surface area contributed by atoms with Gasteiger partial charge in [0, 0.05) is 0 Å². The van der Waals surface area contributed by atoms with E-state index in [1.165, 1.54) is 6.42 Å². The molecule has 0 atom stereocenters. The molecule has 1 aliphatic rings. The third-order valence-electron chi connectivity index (χ3n) is 0.881. The smallest absolute Gasteiger partial charge is 0.0593 e. The lowest BCUT2D eigenvalue weighted by Gasteiger charge is -2.01. The van der Waals surface area contributed by atoms with E-state index in [4.69, 9.17) is 0 Å². The van der Waals surface area contributed by atoms with E-state index >= 15 is 0 Å². The molecule has 0 saturated carbocycles. The van der Waals surface area contributed by atoms with Crippen LogP contribution in [0.5, 0.6) is 0 Å². The highest BCUT2D eigenvalue weighted by Crippen LogP contribution is 2.35. The summed E-state index contributed by atoms with van der Waals surface area (Å²) in [4.78, 5) is 0. The lowest BCUT2D eigenvalue weighted by molar-refractivity contribution is 1.09. The highest BCUT2D eigenvalue weighted by molar-refractivity contribution is 8.22. The Morgan fingerprint density at radius 2 is 2.00 bits per heavy atom. The SMILES string of the molecule is SCCC1SC=CS1. The van der Waals surface area contributed by atoms with Crippen LogP contribution >= 0.6 is 36.2 Å². The maximum absolute atomic E-state index is 4.14. The zero-order valence-corrected chi connectivity index (χ0v) is 6.94. The van der Waals surface area contributed by atoms with Gasteiger partial charge in [-0.1, -0.05) is 0 Å². The van der Waals surface area contributed by atoms with Crippen LogP contribution in [0, 0.1) is 0 Å². The molecule has 0 unspecified atom stereocenters. The predicted octanol–water partition coefficient (Wildman–Crippen LogP) is 2.58. The van der Waals surface area contributed by atoms with Gasteiger partial charge < -0.3 is 0 Å². The third-order valence-corrected chi connectivity index (χ3v) is 3.64. The van der Waals surface area contributed by atoms with Crippen LogP contribution in [0.25, 0.3) is 0 Å². The van der Waals surface area contributed by atoms with E-state index in [9.17, 15) is 0 Å². The molecule has 1 rings (SSSR count). The van der Waals surface area contributed by atoms with Crippen molar-refractivity contribution in [1.82, 2.24) is 0 Å². The Labute approximate surface area is 63.9 Å². The van der Waals surface area contributed by atoms with Gasteiger partial charge in [0.1, 0.15) is 0 Å². The highest BCUT2D eigenvalue weighted by atomic mass is 32.2. The first kappa shape index (κ1) is 6.90. The van der Waals surface area contributed by atoms with Crippen molar-refractivity contribution in [1.29, 1.82) is 0 Å². The Morgan fingerprint density at radius 1 is 1.38 bits per heavy atom. The number of rotatable bonds is 2. The molecule has 46 valence electrons. The lowest BCUT2D eigenvalue weighted by atomic mass is 10.6. The zero-order chi connectivity index (χ0) is 5.82. The van der Waals surface area contributed by atoms with Crippen molar-refractivity contribution in [2.75, 3.05) is 5.75 Å². The second-order valence-electron chi connectivity index (χ2n) is 1.49. The number of hydrogen-bond donors (Lipinski definition) is 1. The van der Waals surface area contributed by atoms with E-state index in [1.807, 2.05) is 23.5 Å². The maximum atomic E-state index is 4.14. The largest absolute Gasteiger partial charge is 0.179 e. The van der Waals surface area contributed by atoms with Gasteiger partial charge in [-0.3, -0.25) is 0 Å². The van der Waals surface area contributed by atoms with Crippen LogP contribution in [0.3, 0.4) is 0 Å². The van der Waals surface area contributed by atoms with Crippen molar-refractivity contribution in [3.63, 3.8) is 0 Å². The molecule has 8 heavy (non-hydrogen) atoms. The average molecular weight is 164 g/mol. The summed E-state index contributed by atoms with van der Waals surface area (Å²) in [5, 5.41) is 4.30. The van der Waals surface area contributed by atoms with Crippen molar-refractivity contribution in [3.05, 3.63) is 10.8 Å². The topological polar surface area (TPSA) is 0 Å². The summed E-state index contributed by atoms with van der Waals surface area (Å²) in [5.41, 5.74) is 0. The maximum Gasteiger partial charge on any atom is 0.0593 e. The second-order valence-corrected chi connectivity index (χ2v) is 4.46. The summed E-state index contributed by atoms with van der Waals surface area (Å²) in [6.45, 7) is 0. The first-order valence-electron chi connectivity index (χ1n) is 2.50. The van der Waals surface area contributed by atoms with Crippen molar-refractivity contribution in [2.24, 2.45) is 0 Å². The molecular weight excluding hydrogens is 156 g/mol. The lowest BCUT2D eigenvalue weighted by Crippen LogP contribution is -1.90. The second kappa shape index (κ2) is 3.75. The molecule has 0 aliphatic carbocycles. The average Bonchev–Trinajstić information content (AvgIpc) is 2.19. The fourth-order valence-corrected chi connectivity index (χ4v) is 3.13. The Bertz CT molecular complexity index is 81.7. The number of thiol groups is 1. The first-order valence-corrected chi connectivity index (χ1v) is 5.02. The van der Waals surface area contributed by atoms with Gasteiger partial charge in [0.25, 0.3) is 0 Å². The summed E-state index contributed by atoms with van der Waals surface area (Å²) in [5.74, 6) is 1.01. The molecular formula is C5H8S3. The van der Waals surface area contributed by atoms with Crippen LogP contribution < -0.4 is 0 Å². The molecule has 1 heterocycles. The molecule has 0 aromatic carbocycles. The van der Waals surface area contributed by atoms with Gasteiger partial charge in [0.2, 0.25) is 0 Å². The van der Waals surface area contributed by atoms with Gasteiger partial charge in [-0.25, -0.2) is 0 Å². The van der Waals surface area contributed by atoms with Crippen LogP contribution in [-0.4, -0.2) is 10.3 Å². The molecule has 1 aliphatic heterocycles. The van der Waals surface area contributed by atoms with E-state index < -0.39 is 0 Å². The van der Waals surface area contributed by atoms with Gasteiger partial charge in [-0.05, 0) is 23.0 Å². The Morgan fingerprint density at radius 3 is 2.50 bits per heavy atom. The van der Waals surface area contributed by atoms with Gasteiger partial charge in [0.05, 0.1) is 4.58 Å². The Kier molecular flexibility index (Phi) is 3.23. The minimum atomic E-state index is 0.757. The summed E-state index contributed by atoms with van der Waals surface area (Å²) in [7, 11) is 0. The summed E-state index contributed by atoms with van der Waals surface area (Å²) in [6, 6.07) is 0. The molecule has 0 amide bonds. The van der Waals surface area contributed by atoms with Gasteiger partial charge in [0.15, 0.2) is 0 Å².